The molecule has 0 saturated heterocycles. The molecule has 0 atom stereocenters. The molecule has 2 rings (SSSR count). The number of benzene rings is 1. The van der Waals surface area contributed by atoms with Crippen molar-refractivity contribution < 1.29 is 9.53 Å². The molecule has 1 aromatic carbocycles. The Morgan fingerprint density at radius 3 is 2.88 bits per heavy atom. The number of hydrogen-bond acceptors (Lipinski definition) is 3. The van der Waals surface area contributed by atoms with Crippen LogP contribution in [0.5, 0.6) is 5.75 Å². The number of carbonyl (C=O) groups excluding carboxylic acids is 1. The Labute approximate surface area is 101 Å². The molecule has 17 heavy (non-hydrogen) atoms. The van der Waals surface area contributed by atoms with Crippen molar-refractivity contribution in [2.24, 2.45) is 0 Å². The Hall–Kier alpha value is -1.71. The summed E-state index contributed by atoms with van der Waals surface area (Å²) in [5, 5.41) is 0. The first-order valence-corrected chi connectivity index (χ1v) is 5.82. The van der Waals surface area contributed by atoms with E-state index in [2.05, 4.69) is 0 Å². The zero-order valence-electron chi connectivity index (χ0n) is 10.3. The number of nitrogens with zero attached hydrogens (tertiary/aromatic N) is 1. The number of nitrogen functional groups attached to an aromatic ring is 1. The van der Waals surface area contributed by atoms with Crippen LogP contribution in [0.1, 0.15) is 18.4 Å². The molecule has 92 valence electrons. The maximum atomic E-state index is 11.8. The summed E-state index contributed by atoms with van der Waals surface area (Å²) < 4.78 is 5.46. The molecule has 4 nitrogen and oxygen atoms in total. The van der Waals surface area contributed by atoms with Gasteiger partial charge in [0.2, 0.25) is 0 Å². The third kappa shape index (κ3) is 2.90. The number of carbonyl (C=O) groups is 1. The first-order chi connectivity index (χ1) is 8.08. The van der Waals surface area contributed by atoms with E-state index in [0.717, 1.165) is 18.4 Å². The lowest BCUT2D eigenvalue weighted by Gasteiger charge is -2.17. The van der Waals surface area contributed by atoms with Gasteiger partial charge in [0.15, 0.2) is 6.61 Å². The highest BCUT2D eigenvalue weighted by Gasteiger charge is 2.29. The van der Waals surface area contributed by atoms with Crippen LogP contribution in [0, 0.1) is 6.92 Å². The van der Waals surface area contributed by atoms with Crippen LogP contribution >= 0.6 is 0 Å². The van der Waals surface area contributed by atoms with Gasteiger partial charge >= 0.3 is 0 Å². The van der Waals surface area contributed by atoms with Crippen LogP contribution in [0.3, 0.4) is 0 Å². The normalized spacial score (nSPS) is 14.5. The highest BCUT2D eigenvalue weighted by Crippen LogP contribution is 2.26. The molecule has 1 aliphatic carbocycles. The lowest BCUT2D eigenvalue weighted by atomic mass is 10.2. The van der Waals surface area contributed by atoms with E-state index < -0.39 is 0 Å². The predicted molar refractivity (Wildman–Crippen MR) is 66.9 cm³/mol. The average molecular weight is 234 g/mol. The standard InChI is InChI=1S/C13H18N2O2/c1-9-3-6-11(14)12(7-9)17-8-13(16)15(2)10-4-5-10/h3,6-7,10H,4-5,8,14H2,1-2H3. The number of aryl methyl sites for hydroxylation is 1. The minimum absolute atomic E-state index is 0.00778. The van der Waals surface area contributed by atoms with Crippen molar-refractivity contribution >= 4 is 11.6 Å². The van der Waals surface area contributed by atoms with Crippen LogP contribution in [-0.4, -0.2) is 30.5 Å². The molecule has 1 fully saturated rings. The number of amides is 1. The van der Waals surface area contributed by atoms with Gasteiger partial charge in [-0.15, -0.1) is 0 Å². The molecule has 0 unspecified atom stereocenters. The van der Waals surface area contributed by atoms with E-state index >= 15 is 0 Å². The Kier molecular flexibility index (Phi) is 3.22. The van der Waals surface area contributed by atoms with Crippen LogP contribution < -0.4 is 10.5 Å². The van der Waals surface area contributed by atoms with E-state index in [-0.39, 0.29) is 12.5 Å². The van der Waals surface area contributed by atoms with E-state index in [1.54, 1.807) is 11.0 Å². The summed E-state index contributed by atoms with van der Waals surface area (Å²) in [6.45, 7) is 2.02. The third-order valence-electron chi connectivity index (χ3n) is 3.01. The van der Waals surface area contributed by atoms with Crippen LogP contribution in [-0.2, 0) is 4.79 Å². The Bertz CT molecular complexity index is 427. The lowest BCUT2D eigenvalue weighted by Crippen LogP contribution is -2.33. The summed E-state index contributed by atoms with van der Waals surface area (Å²) in [6, 6.07) is 5.97. The molecule has 1 aromatic rings. The highest BCUT2D eigenvalue weighted by molar-refractivity contribution is 5.78. The summed E-state index contributed by atoms with van der Waals surface area (Å²) in [5.74, 6) is 0.593. The minimum atomic E-state index is 0.00778. The Balaban J connectivity index is 1.92. The molecule has 2 N–H and O–H groups in total. The number of rotatable bonds is 4. The van der Waals surface area contributed by atoms with Crippen molar-refractivity contribution in [1.82, 2.24) is 4.90 Å². The van der Waals surface area contributed by atoms with Gasteiger partial charge in [-0.05, 0) is 37.5 Å². The van der Waals surface area contributed by atoms with Gasteiger partial charge in [0.05, 0.1) is 5.69 Å². The zero-order chi connectivity index (χ0) is 12.4. The van der Waals surface area contributed by atoms with Crippen LogP contribution in [0.25, 0.3) is 0 Å². The molecule has 0 radical (unpaired) electrons. The van der Waals surface area contributed by atoms with Crippen LogP contribution in [0.4, 0.5) is 5.69 Å². The Morgan fingerprint density at radius 1 is 1.53 bits per heavy atom. The summed E-state index contributed by atoms with van der Waals surface area (Å²) in [4.78, 5) is 13.5. The predicted octanol–water partition coefficient (Wildman–Crippen LogP) is 1.58. The number of nitrogens with two attached hydrogens (primary N) is 1. The van der Waals surface area contributed by atoms with Crippen molar-refractivity contribution in [3.8, 4) is 5.75 Å². The number of anilines is 1. The summed E-state index contributed by atoms with van der Waals surface area (Å²) in [7, 11) is 1.82. The van der Waals surface area contributed by atoms with Gasteiger partial charge in [0.25, 0.3) is 5.91 Å². The van der Waals surface area contributed by atoms with Crippen molar-refractivity contribution in [3.05, 3.63) is 23.8 Å². The molecule has 1 aliphatic rings. The fourth-order valence-corrected chi connectivity index (χ4v) is 1.67. The molecule has 0 spiro atoms. The first kappa shape index (κ1) is 11.8. The maximum Gasteiger partial charge on any atom is 0.260 e. The van der Waals surface area contributed by atoms with E-state index in [4.69, 9.17) is 10.5 Å². The van der Waals surface area contributed by atoms with Gasteiger partial charge in [-0.25, -0.2) is 0 Å². The third-order valence-corrected chi connectivity index (χ3v) is 3.01. The Morgan fingerprint density at radius 2 is 2.24 bits per heavy atom. The molecular formula is C13H18N2O2. The fraction of sp³-hybridized carbons (Fsp3) is 0.462. The van der Waals surface area contributed by atoms with Crippen molar-refractivity contribution in [2.45, 2.75) is 25.8 Å². The zero-order valence-corrected chi connectivity index (χ0v) is 10.3. The van der Waals surface area contributed by atoms with Gasteiger partial charge in [-0.3, -0.25) is 4.79 Å². The number of likely N-dealkylation sites (N-methyl/N-ethyl adjacent to an activating group) is 1. The number of hydrogen-bond donors (Lipinski definition) is 1. The molecule has 1 amide bonds. The maximum absolute atomic E-state index is 11.8. The molecule has 4 heteroatoms. The molecule has 0 aromatic heterocycles. The van der Waals surface area contributed by atoms with E-state index in [0.29, 0.717) is 17.5 Å². The van der Waals surface area contributed by atoms with E-state index in [9.17, 15) is 4.79 Å². The molecular weight excluding hydrogens is 216 g/mol. The SMILES string of the molecule is Cc1ccc(N)c(OCC(=O)N(C)C2CC2)c1. The highest BCUT2D eigenvalue weighted by atomic mass is 16.5. The quantitative estimate of drug-likeness (QED) is 0.805. The smallest absolute Gasteiger partial charge is 0.260 e. The summed E-state index contributed by atoms with van der Waals surface area (Å²) >= 11 is 0. The van der Waals surface area contributed by atoms with Gasteiger partial charge in [0, 0.05) is 13.1 Å². The van der Waals surface area contributed by atoms with E-state index in [1.165, 1.54) is 0 Å². The average Bonchev–Trinajstić information content (AvgIpc) is 3.13. The second kappa shape index (κ2) is 4.65. The van der Waals surface area contributed by atoms with Crippen molar-refractivity contribution in [3.63, 3.8) is 0 Å². The lowest BCUT2D eigenvalue weighted by molar-refractivity contribution is -0.132. The molecule has 0 bridgehead atoms. The van der Waals surface area contributed by atoms with Gasteiger partial charge < -0.3 is 15.4 Å². The summed E-state index contributed by atoms with van der Waals surface area (Å²) in [6.07, 6.45) is 2.21. The molecule has 1 saturated carbocycles. The second-order valence-corrected chi connectivity index (χ2v) is 4.57. The van der Waals surface area contributed by atoms with Gasteiger partial charge in [-0.2, -0.15) is 0 Å². The van der Waals surface area contributed by atoms with Crippen LogP contribution in [0.15, 0.2) is 18.2 Å². The second-order valence-electron chi connectivity index (χ2n) is 4.57. The number of ether oxygens (including phenoxy) is 1. The van der Waals surface area contributed by atoms with E-state index in [1.807, 2.05) is 26.1 Å². The molecule has 0 heterocycles. The van der Waals surface area contributed by atoms with Gasteiger partial charge in [-0.1, -0.05) is 6.07 Å². The van der Waals surface area contributed by atoms with Crippen LogP contribution in [0.2, 0.25) is 0 Å². The van der Waals surface area contributed by atoms with Gasteiger partial charge in [0.1, 0.15) is 5.75 Å². The minimum Gasteiger partial charge on any atom is -0.482 e. The topological polar surface area (TPSA) is 55.6 Å². The largest absolute Gasteiger partial charge is 0.482 e. The first-order valence-electron chi connectivity index (χ1n) is 5.82. The van der Waals surface area contributed by atoms with Crippen molar-refractivity contribution in [1.29, 1.82) is 0 Å². The monoisotopic (exact) mass is 234 g/mol. The molecule has 0 aliphatic heterocycles. The fourth-order valence-electron chi connectivity index (χ4n) is 1.67. The summed E-state index contributed by atoms with van der Waals surface area (Å²) in [5.41, 5.74) is 7.41. The van der Waals surface area contributed by atoms with Crippen molar-refractivity contribution in [2.75, 3.05) is 19.4 Å².